The van der Waals surface area contributed by atoms with Crippen molar-refractivity contribution < 1.29 is 36.7 Å². The Balaban J connectivity index is 1.14. The van der Waals surface area contributed by atoms with Gasteiger partial charge in [0.15, 0.2) is 0 Å². The SMILES string of the molecule is COC(=O)c1ccc(SC2C3CCC2CC(OCc2c(-c4ccccc4OC(F)(F)F)noc2C2CC2)C3)cc1. The molecule has 0 aliphatic heterocycles. The first kappa shape index (κ1) is 27.2. The monoisotopic (exact) mass is 573 g/mol. The third-order valence-corrected chi connectivity index (χ3v) is 9.70. The van der Waals surface area contributed by atoms with Crippen LogP contribution in [0, 0.1) is 11.8 Å². The average molecular weight is 574 g/mol. The molecule has 0 radical (unpaired) electrons. The predicted octanol–water partition coefficient (Wildman–Crippen LogP) is 7.77. The Morgan fingerprint density at radius 1 is 1.02 bits per heavy atom. The Hall–Kier alpha value is -2.98. The number of nitrogens with zero attached hydrogens (tertiary/aromatic N) is 1. The molecule has 10 heteroatoms. The Bertz CT molecular complexity index is 1340. The van der Waals surface area contributed by atoms with Crippen molar-refractivity contribution in [3.63, 3.8) is 0 Å². The lowest BCUT2D eigenvalue weighted by atomic mass is 9.86. The number of hydrogen-bond acceptors (Lipinski definition) is 7. The lowest BCUT2D eigenvalue weighted by Gasteiger charge is -2.35. The summed E-state index contributed by atoms with van der Waals surface area (Å²) in [4.78, 5) is 12.9. The normalized spacial score (nSPS) is 24.2. The van der Waals surface area contributed by atoms with Crippen LogP contribution in [0.25, 0.3) is 11.3 Å². The number of fused-ring (bicyclic) bond motifs is 2. The summed E-state index contributed by atoms with van der Waals surface area (Å²) in [6.45, 7) is 0.238. The van der Waals surface area contributed by atoms with Crippen LogP contribution < -0.4 is 4.74 Å². The number of alkyl halides is 3. The summed E-state index contributed by atoms with van der Waals surface area (Å²) in [6.07, 6.45) is 1.35. The van der Waals surface area contributed by atoms with E-state index in [1.165, 1.54) is 19.2 Å². The van der Waals surface area contributed by atoms with Crippen molar-refractivity contribution in [1.82, 2.24) is 5.16 Å². The van der Waals surface area contributed by atoms with Crippen LogP contribution in [0.1, 0.15) is 66.1 Å². The quantitative estimate of drug-likeness (QED) is 0.242. The number of halogens is 3. The van der Waals surface area contributed by atoms with Gasteiger partial charge in [-0.15, -0.1) is 24.9 Å². The summed E-state index contributed by atoms with van der Waals surface area (Å²) >= 11 is 1.87. The fourth-order valence-corrected chi connectivity index (χ4v) is 7.59. The van der Waals surface area contributed by atoms with Gasteiger partial charge in [0.1, 0.15) is 17.2 Å². The topological polar surface area (TPSA) is 70.8 Å². The number of hydrogen-bond donors (Lipinski definition) is 0. The number of carbonyl (C=O) groups is 1. The van der Waals surface area contributed by atoms with Gasteiger partial charge in [0.2, 0.25) is 0 Å². The molecule has 40 heavy (non-hydrogen) atoms. The molecule has 6 rings (SSSR count). The minimum atomic E-state index is -4.81. The van der Waals surface area contributed by atoms with E-state index in [1.54, 1.807) is 24.3 Å². The average Bonchev–Trinajstić information content (AvgIpc) is 3.65. The maximum Gasteiger partial charge on any atom is 0.573 e. The molecule has 212 valence electrons. The second-order valence-corrected chi connectivity index (χ2v) is 12.0. The zero-order valence-corrected chi connectivity index (χ0v) is 22.8. The van der Waals surface area contributed by atoms with Gasteiger partial charge < -0.3 is 18.7 Å². The van der Waals surface area contributed by atoms with E-state index in [9.17, 15) is 18.0 Å². The van der Waals surface area contributed by atoms with E-state index in [0.29, 0.717) is 34.1 Å². The molecule has 2 aromatic carbocycles. The number of carbonyl (C=O) groups excluding carboxylic acids is 1. The first-order valence-corrected chi connectivity index (χ1v) is 14.5. The van der Waals surface area contributed by atoms with Gasteiger partial charge in [0.25, 0.3) is 0 Å². The first-order valence-electron chi connectivity index (χ1n) is 13.6. The summed E-state index contributed by atoms with van der Waals surface area (Å²) in [5.74, 6) is 1.32. The fourth-order valence-electron chi connectivity index (χ4n) is 6.11. The Kier molecular flexibility index (Phi) is 7.56. The van der Waals surface area contributed by atoms with E-state index in [4.69, 9.17) is 14.0 Å². The summed E-state index contributed by atoms with van der Waals surface area (Å²) in [6, 6.07) is 13.6. The second-order valence-electron chi connectivity index (χ2n) is 10.8. The van der Waals surface area contributed by atoms with E-state index in [-0.39, 0.29) is 35.9 Å². The molecule has 6 nitrogen and oxygen atoms in total. The van der Waals surface area contributed by atoms with E-state index in [2.05, 4.69) is 9.89 Å². The van der Waals surface area contributed by atoms with E-state index in [1.807, 2.05) is 23.9 Å². The van der Waals surface area contributed by atoms with Crippen LogP contribution in [0.15, 0.2) is 57.9 Å². The standard InChI is InChI=1S/C30H30F3NO5S/c1-36-29(35)18-10-12-22(13-11-18)40-28-19-8-9-20(28)15-21(14-19)37-16-24-26(34-39-27(24)17-6-7-17)23-4-2-3-5-25(23)38-30(31,32)33/h2-5,10-13,17,19-21,28H,6-9,14-16H2,1H3. The van der Waals surface area contributed by atoms with Gasteiger partial charge in [-0.3, -0.25) is 0 Å². The molecule has 0 amide bonds. The van der Waals surface area contributed by atoms with Crippen molar-refractivity contribution in [3.8, 4) is 17.0 Å². The number of methoxy groups -OCH3 is 1. The van der Waals surface area contributed by atoms with E-state index >= 15 is 0 Å². The molecule has 2 atom stereocenters. The molecule has 2 bridgehead atoms. The molecule has 1 heterocycles. The lowest BCUT2D eigenvalue weighted by molar-refractivity contribution is -0.274. The van der Waals surface area contributed by atoms with Crippen molar-refractivity contribution in [1.29, 1.82) is 0 Å². The van der Waals surface area contributed by atoms with Gasteiger partial charge >= 0.3 is 12.3 Å². The first-order chi connectivity index (χ1) is 19.3. The number of rotatable bonds is 9. The van der Waals surface area contributed by atoms with Crippen molar-refractivity contribution in [2.75, 3.05) is 7.11 Å². The highest BCUT2D eigenvalue weighted by Gasteiger charge is 2.44. The Morgan fingerprint density at radius 3 is 2.38 bits per heavy atom. The van der Waals surface area contributed by atoms with Gasteiger partial charge in [-0.1, -0.05) is 17.3 Å². The van der Waals surface area contributed by atoms with Gasteiger partial charge in [-0.05, 0) is 86.8 Å². The fraction of sp³-hybridized carbons (Fsp3) is 0.467. The smallest absolute Gasteiger partial charge is 0.465 e. The maximum absolute atomic E-state index is 13.1. The molecule has 1 aromatic heterocycles. The van der Waals surface area contributed by atoms with Crippen molar-refractivity contribution >= 4 is 17.7 Å². The predicted molar refractivity (Wildman–Crippen MR) is 142 cm³/mol. The molecular weight excluding hydrogens is 543 g/mol. The molecule has 2 unspecified atom stereocenters. The zero-order valence-electron chi connectivity index (χ0n) is 22.0. The minimum absolute atomic E-state index is 0.0625. The zero-order chi connectivity index (χ0) is 27.9. The van der Waals surface area contributed by atoms with Gasteiger partial charge in [0.05, 0.1) is 25.4 Å². The molecule has 0 spiro atoms. The van der Waals surface area contributed by atoms with Crippen LogP contribution in [-0.2, 0) is 16.1 Å². The highest BCUT2D eigenvalue weighted by atomic mass is 32.2. The summed E-state index contributed by atoms with van der Waals surface area (Å²) in [5, 5.41) is 4.68. The number of thioether (sulfide) groups is 1. The van der Waals surface area contributed by atoms with Crippen LogP contribution in [0.5, 0.6) is 5.75 Å². The van der Waals surface area contributed by atoms with E-state index in [0.717, 1.165) is 49.0 Å². The lowest BCUT2D eigenvalue weighted by Crippen LogP contribution is -2.32. The highest BCUT2D eigenvalue weighted by molar-refractivity contribution is 8.00. The van der Waals surface area contributed by atoms with Gasteiger partial charge in [-0.25, -0.2) is 4.79 Å². The van der Waals surface area contributed by atoms with Crippen molar-refractivity contribution in [2.45, 2.75) is 73.7 Å². The van der Waals surface area contributed by atoms with Crippen LogP contribution in [0.4, 0.5) is 13.2 Å². The number of aromatic nitrogens is 1. The number of para-hydroxylation sites is 1. The van der Waals surface area contributed by atoms with Crippen molar-refractivity contribution in [2.24, 2.45) is 11.8 Å². The molecule has 3 fully saturated rings. The molecule has 3 aliphatic rings. The minimum Gasteiger partial charge on any atom is -0.465 e. The number of esters is 1. The van der Waals surface area contributed by atoms with Crippen LogP contribution in [-0.4, -0.2) is 36.0 Å². The summed E-state index contributed by atoms with van der Waals surface area (Å²) in [7, 11) is 1.38. The molecular formula is C30H30F3NO5S. The van der Waals surface area contributed by atoms with Gasteiger partial charge in [-0.2, -0.15) is 0 Å². The third kappa shape index (κ3) is 5.88. The van der Waals surface area contributed by atoms with Crippen LogP contribution in [0.2, 0.25) is 0 Å². The highest BCUT2D eigenvalue weighted by Crippen LogP contribution is 2.51. The maximum atomic E-state index is 13.1. The third-order valence-electron chi connectivity index (χ3n) is 8.11. The van der Waals surface area contributed by atoms with Crippen LogP contribution in [0.3, 0.4) is 0 Å². The van der Waals surface area contributed by atoms with Gasteiger partial charge in [0, 0.05) is 27.2 Å². The second kappa shape index (κ2) is 11.1. The Morgan fingerprint density at radius 2 is 1.73 bits per heavy atom. The summed E-state index contributed by atoms with van der Waals surface area (Å²) < 4.78 is 60.4. The Labute approximate surface area is 234 Å². The molecule has 0 saturated heterocycles. The largest absolute Gasteiger partial charge is 0.573 e. The van der Waals surface area contributed by atoms with Crippen LogP contribution >= 0.6 is 11.8 Å². The number of ether oxygens (including phenoxy) is 3. The number of benzene rings is 2. The summed E-state index contributed by atoms with van der Waals surface area (Å²) in [5.41, 5.74) is 1.85. The molecule has 3 aromatic rings. The molecule has 0 N–H and O–H groups in total. The van der Waals surface area contributed by atoms with Crippen molar-refractivity contribution in [3.05, 3.63) is 65.4 Å². The van der Waals surface area contributed by atoms with E-state index < -0.39 is 6.36 Å². The molecule has 3 saturated carbocycles. The molecule has 3 aliphatic carbocycles.